The molecule has 0 saturated carbocycles. The maximum Gasteiger partial charge on any atom is 0.369 e. The van der Waals surface area contributed by atoms with Crippen molar-refractivity contribution in [3.63, 3.8) is 0 Å². The Balaban J connectivity index is 0. The highest BCUT2D eigenvalue weighted by atomic mass is 31.2. The minimum atomic E-state index is -5.33. The summed E-state index contributed by atoms with van der Waals surface area (Å²) in [4.78, 5) is 45.8. The summed E-state index contributed by atoms with van der Waals surface area (Å²) in [7, 11) is -9.00. The molecule has 134 valence electrons. The quantitative estimate of drug-likeness (QED) is 0.188. The fraction of sp³-hybridized carbons (Fsp3) is 0.900. The Labute approximate surface area is 129 Å². The molecule has 6 N–H and O–H groups in total. The van der Waals surface area contributed by atoms with Crippen molar-refractivity contribution in [2.24, 2.45) is 0 Å². The number of carbonyl (C=O) groups is 1. The van der Waals surface area contributed by atoms with E-state index in [0.717, 1.165) is 19.3 Å². The first kappa shape index (κ1) is 23.9. The lowest BCUT2D eigenvalue weighted by molar-refractivity contribution is -0.122. The van der Waals surface area contributed by atoms with Gasteiger partial charge in [-0.05, 0) is 20.0 Å². The van der Waals surface area contributed by atoms with Crippen molar-refractivity contribution in [1.29, 1.82) is 0 Å². The maximum absolute atomic E-state index is 11.1. The van der Waals surface area contributed by atoms with Crippen molar-refractivity contribution in [2.75, 3.05) is 20.1 Å². The molecule has 0 aromatic heterocycles. The largest absolute Gasteiger partial charge is 0.483 e. The van der Waals surface area contributed by atoms with E-state index in [1.807, 2.05) is 6.92 Å². The lowest BCUT2D eigenvalue weighted by Gasteiger charge is -2.30. The highest BCUT2D eigenvalue weighted by Gasteiger charge is 2.58. The second kappa shape index (κ2) is 10.5. The zero-order valence-electron chi connectivity index (χ0n) is 12.6. The van der Waals surface area contributed by atoms with E-state index in [9.17, 15) is 14.2 Å². The van der Waals surface area contributed by atoms with Crippen LogP contribution < -0.4 is 0 Å². The van der Waals surface area contributed by atoms with Gasteiger partial charge in [-0.25, -0.2) is 0 Å². The molecule has 0 aromatic rings. The summed E-state index contributed by atoms with van der Waals surface area (Å²) >= 11 is 0. The maximum atomic E-state index is 11.1. The average Bonchev–Trinajstić information content (AvgIpc) is 2.34. The van der Waals surface area contributed by atoms with Gasteiger partial charge in [-0.15, -0.1) is 0 Å². The van der Waals surface area contributed by atoms with Crippen LogP contribution in [0.1, 0.15) is 32.6 Å². The van der Waals surface area contributed by atoms with Crippen molar-refractivity contribution in [1.82, 2.24) is 4.90 Å². The van der Waals surface area contributed by atoms with Crippen LogP contribution in [0.2, 0.25) is 0 Å². The SMILES string of the molecule is CCCCCN(C)CCC(O)(P(=O)(O)O)P(=O)(O)O.O=CO. The third kappa shape index (κ3) is 8.36. The van der Waals surface area contributed by atoms with Gasteiger partial charge in [0.1, 0.15) is 0 Å². The Kier molecular flexibility index (Phi) is 11.4. The predicted molar refractivity (Wildman–Crippen MR) is 79.4 cm³/mol. The Hall–Kier alpha value is -0.310. The number of aliphatic hydroxyl groups is 1. The molecule has 0 heterocycles. The molecule has 12 heteroatoms. The van der Waals surface area contributed by atoms with E-state index >= 15 is 0 Å². The number of rotatable bonds is 9. The Morgan fingerprint density at radius 1 is 1.05 bits per heavy atom. The minimum absolute atomic E-state index is 0.0174. The van der Waals surface area contributed by atoms with Gasteiger partial charge in [-0.3, -0.25) is 13.9 Å². The average molecular weight is 365 g/mol. The number of hydrogen-bond donors (Lipinski definition) is 6. The highest BCUT2D eigenvalue weighted by Crippen LogP contribution is 2.68. The third-order valence-electron chi connectivity index (χ3n) is 2.91. The first-order valence-electron chi connectivity index (χ1n) is 6.47. The molecule has 0 aromatic carbocycles. The predicted octanol–water partition coefficient (Wildman–Crippen LogP) is 0.201. The summed E-state index contributed by atoms with van der Waals surface area (Å²) in [6.45, 7) is 2.39. The molecule has 0 unspecified atom stereocenters. The van der Waals surface area contributed by atoms with Gasteiger partial charge in [-0.1, -0.05) is 19.8 Å². The van der Waals surface area contributed by atoms with E-state index in [2.05, 4.69) is 0 Å². The molecule has 22 heavy (non-hydrogen) atoms. The van der Waals surface area contributed by atoms with E-state index in [1.54, 1.807) is 11.9 Å². The summed E-state index contributed by atoms with van der Waals surface area (Å²) in [5.41, 5.74) is 0. The van der Waals surface area contributed by atoms with Crippen molar-refractivity contribution in [3.05, 3.63) is 0 Å². The van der Waals surface area contributed by atoms with Crippen LogP contribution in [0.4, 0.5) is 0 Å². The first-order chi connectivity index (χ1) is 9.87. The number of hydrogen-bond acceptors (Lipinski definition) is 5. The van der Waals surface area contributed by atoms with E-state index in [4.69, 9.17) is 29.5 Å². The van der Waals surface area contributed by atoms with Gasteiger partial charge in [0, 0.05) is 13.0 Å². The van der Waals surface area contributed by atoms with Crippen molar-refractivity contribution in [2.45, 2.75) is 37.7 Å². The lowest BCUT2D eigenvalue weighted by atomic mass is 10.2. The molecule has 0 aliphatic heterocycles. The molecule has 0 spiro atoms. The molecule has 0 amide bonds. The number of nitrogens with zero attached hydrogens (tertiary/aromatic N) is 1. The van der Waals surface area contributed by atoms with Gasteiger partial charge < -0.3 is 34.7 Å². The third-order valence-corrected chi connectivity index (χ3v) is 6.78. The van der Waals surface area contributed by atoms with Crippen LogP contribution >= 0.6 is 15.2 Å². The van der Waals surface area contributed by atoms with Crippen LogP contribution in [0.25, 0.3) is 0 Å². The van der Waals surface area contributed by atoms with Crippen LogP contribution in [-0.2, 0) is 13.9 Å². The molecule has 0 fully saturated rings. The Bertz CT molecular complexity index is 383. The summed E-state index contributed by atoms with van der Waals surface area (Å²) in [6, 6.07) is 0. The molecule has 0 atom stereocenters. The van der Waals surface area contributed by atoms with Crippen molar-refractivity contribution < 1.29 is 43.7 Å². The molecule has 0 saturated heterocycles. The van der Waals surface area contributed by atoms with Gasteiger partial charge in [0.15, 0.2) is 0 Å². The number of carboxylic acid groups (broad SMARTS) is 1. The first-order valence-corrected chi connectivity index (χ1v) is 9.69. The zero-order valence-corrected chi connectivity index (χ0v) is 14.4. The van der Waals surface area contributed by atoms with Gasteiger partial charge in [0.2, 0.25) is 0 Å². The zero-order chi connectivity index (χ0) is 18.0. The molecular weight excluding hydrogens is 340 g/mol. The molecule has 10 nitrogen and oxygen atoms in total. The van der Waals surface area contributed by atoms with Gasteiger partial charge in [0.25, 0.3) is 11.6 Å². The van der Waals surface area contributed by atoms with E-state index < -0.39 is 26.7 Å². The number of unbranched alkanes of at least 4 members (excludes halogenated alkanes) is 2. The molecule has 0 bridgehead atoms. The fourth-order valence-corrected chi connectivity index (χ4v) is 3.69. The van der Waals surface area contributed by atoms with Crippen LogP contribution in [-0.4, -0.2) is 66.4 Å². The Morgan fingerprint density at radius 2 is 1.45 bits per heavy atom. The summed E-state index contributed by atoms with van der Waals surface area (Å²) < 4.78 is 22.2. The molecule has 0 aliphatic rings. The minimum Gasteiger partial charge on any atom is -0.483 e. The normalized spacial score (nSPS) is 12.7. The second-order valence-electron chi connectivity index (χ2n) is 4.73. The van der Waals surface area contributed by atoms with E-state index in [1.165, 1.54) is 0 Å². The van der Waals surface area contributed by atoms with Gasteiger partial charge >= 0.3 is 15.2 Å². The summed E-state index contributed by atoms with van der Waals surface area (Å²) in [5, 5.41) is 13.2. The van der Waals surface area contributed by atoms with Crippen molar-refractivity contribution >= 4 is 21.7 Å². The standard InChI is InChI=1S/C9H23NO7P2.CH2O2/c1-3-4-5-7-10(2)8-6-9(11,18(12,13)14)19(15,16)17;2-1-3/h11H,3-8H2,1-2H3,(H2,12,13,14)(H2,15,16,17);1H,(H,2,3). The van der Waals surface area contributed by atoms with Crippen LogP contribution in [0.3, 0.4) is 0 Å². The van der Waals surface area contributed by atoms with E-state index in [-0.39, 0.29) is 13.0 Å². The topological polar surface area (TPSA) is 176 Å². The van der Waals surface area contributed by atoms with Gasteiger partial charge in [0.05, 0.1) is 0 Å². The smallest absolute Gasteiger partial charge is 0.369 e. The van der Waals surface area contributed by atoms with Crippen LogP contribution in [0.15, 0.2) is 0 Å². The monoisotopic (exact) mass is 365 g/mol. The van der Waals surface area contributed by atoms with Gasteiger partial charge in [-0.2, -0.15) is 0 Å². The highest BCUT2D eigenvalue weighted by molar-refractivity contribution is 7.72. The van der Waals surface area contributed by atoms with E-state index in [0.29, 0.717) is 6.54 Å². The molecule has 0 aliphatic carbocycles. The van der Waals surface area contributed by atoms with Crippen LogP contribution in [0.5, 0.6) is 0 Å². The molecule has 0 rings (SSSR count). The molecule has 0 radical (unpaired) electrons. The lowest BCUT2D eigenvalue weighted by Crippen LogP contribution is -2.34. The summed E-state index contributed by atoms with van der Waals surface area (Å²) in [5.74, 6) is 0. The summed E-state index contributed by atoms with van der Waals surface area (Å²) in [6.07, 6.45) is 2.19. The van der Waals surface area contributed by atoms with Crippen LogP contribution in [0, 0.1) is 0 Å². The Morgan fingerprint density at radius 3 is 1.77 bits per heavy atom. The fourth-order valence-electron chi connectivity index (χ4n) is 1.55. The van der Waals surface area contributed by atoms with Crippen molar-refractivity contribution in [3.8, 4) is 0 Å². The second-order valence-corrected chi connectivity index (χ2v) is 8.74. The molecular formula is C10H25NO9P2.